The van der Waals surface area contributed by atoms with Crippen LogP contribution in [0.5, 0.6) is 0 Å². The van der Waals surface area contributed by atoms with Crippen LogP contribution >= 0.6 is 0 Å². The second-order valence-electron chi connectivity index (χ2n) is 3.89. The van der Waals surface area contributed by atoms with Gasteiger partial charge in [0.05, 0.1) is 0 Å². The van der Waals surface area contributed by atoms with Crippen molar-refractivity contribution < 1.29 is 18.0 Å². The maximum atomic E-state index is 11.9. The van der Waals surface area contributed by atoms with Crippen LogP contribution in [0.15, 0.2) is 0 Å². The van der Waals surface area contributed by atoms with E-state index >= 15 is 0 Å². The molecule has 0 atom stereocenters. The van der Waals surface area contributed by atoms with Crippen LogP contribution in [-0.4, -0.2) is 67.8 Å². The normalized spacial score (nSPS) is 18.2. The molecule has 8 heteroatoms. The Morgan fingerprint density at radius 1 is 1.24 bits per heavy atom. The third kappa shape index (κ3) is 5.22. The highest BCUT2D eigenvalue weighted by atomic mass is 19.4. The average molecular weight is 254 g/mol. The predicted octanol–water partition coefficient (Wildman–Crippen LogP) is -0.165. The minimum atomic E-state index is -4.36. The van der Waals surface area contributed by atoms with Gasteiger partial charge in [0.2, 0.25) is 0 Å². The molecule has 1 fully saturated rings. The first-order chi connectivity index (χ1) is 7.92. The molecule has 1 aliphatic heterocycles. The molecule has 0 aromatic heterocycles. The van der Waals surface area contributed by atoms with Crippen LogP contribution in [0.3, 0.4) is 0 Å². The predicted molar refractivity (Wildman–Crippen MR) is 56.5 cm³/mol. The summed E-state index contributed by atoms with van der Waals surface area (Å²) in [5, 5.41) is 1.86. The van der Waals surface area contributed by atoms with Crippen LogP contribution in [0.4, 0.5) is 18.0 Å². The van der Waals surface area contributed by atoms with Gasteiger partial charge in [0.25, 0.3) is 0 Å². The second-order valence-corrected chi connectivity index (χ2v) is 3.89. The fourth-order valence-electron chi connectivity index (χ4n) is 1.64. The van der Waals surface area contributed by atoms with Gasteiger partial charge in [-0.15, -0.1) is 0 Å². The highest BCUT2D eigenvalue weighted by molar-refractivity contribution is 5.74. The fraction of sp³-hybridized carbons (Fsp3) is 0.889. The molecular weight excluding hydrogens is 237 g/mol. The van der Waals surface area contributed by atoms with E-state index in [0.717, 1.165) is 6.54 Å². The maximum Gasteiger partial charge on any atom is 0.405 e. The van der Waals surface area contributed by atoms with Crippen molar-refractivity contribution in [1.82, 2.24) is 15.1 Å². The SMILES string of the molecule is NCCN1CCN(C(=O)NCC(F)(F)F)CC1. The average Bonchev–Trinajstić information content (AvgIpc) is 2.26. The van der Waals surface area contributed by atoms with E-state index in [9.17, 15) is 18.0 Å². The van der Waals surface area contributed by atoms with Gasteiger partial charge in [-0.05, 0) is 0 Å². The molecule has 0 unspecified atom stereocenters. The van der Waals surface area contributed by atoms with Gasteiger partial charge in [-0.25, -0.2) is 4.79 Å². The molecule has 2 amide bonds. The van der Waals surface area contributed by atoms with Crippen LogP contribution in [0.25, 0.3) is 0 Å². The number of urea groups is 1. The van der Waals surface area contributed by atoms with Gasteiger partial charge < -0.3 is 16.0 Å². The molecule has 1 aliphatic rings. The summed E-state index contributed by atoms with van der Waals surface area (Å²) < 4.78 is 35.7. The van der Waals surface area contributed by atoms with E-state index in [1.807, 2.05) is 5.32 Å². The number of alkyl halides is 3. The molecule has 3 N–H and O–H groups in total. The van der Waals surface area contributed by atoms with E-state index in [1.165, 1.54) is 4.90 Å². The van der Waals surface area contributed by atoms with Gasteiger partial charge in [-0.3, -0.25) is 4.90 Å². The zero-order valence-corrected chi connectivity index (χ0v) is 9.46. The highest BCUT2D eigenvalue weighted by Gasteiger charge is 2.29. The molecule has 0 saturated carbocycles. The Kier molecular flexibility index (Phi) is 5.01. The summed E-state index contributed by atoms with van der Waals surface area (Å²) in [5.74, 6) is 0. The summed E-state index contributed by atoms with van der Waals surface area (Å²) in [6.45, 7) is 2.17. The number of nitrogens with two attached hydrogens (primary N) is 1. The topological polar surface area (TPSA) is 61.6 Å². The third-order valence-electron chi connectivity index (χ3n) is 2.54. The van der Waals surface area contributed by atoms with Crippen molar-refractivity contribution in [3.63, 3.8) is 0 Å². The summed E-state index contributed by atoms with van der Waals surface area (Å²) in [6, 6.07) is -0.658. The summed E-state index contributed by atoms with van der Waals surface area (Å²) in [6.07, 6.45) is -4.36. The molecule has 100 valence electrons. The van der Waals surface area contributed by atoms with Gasteiger partial charge in [0.1, 0.15) is 6.54 Å². The Balaban J connectivity index is 2.26. The Morgan fingerprint density at radius 3 is 2.29 bits per heavy atom. The lowest BCUT2D eigenvalue weighted by Crippen LogP contribution is -2.53. The number of nitrogens with one attached hydrogen (secondary N) is 1. The minimum absolute atomic E-state index is 0.434. The molecule has 0 aromatic rings. The Morgan fingerprint density at radius 2 is 1.82 bits per heavy atom. The van der Waals surface area contributed by atoms with Crippen molar-refractivity contribution in [2.75, 3.05) is 45.8 Å². The molecule has 1 saturated heterocycles. The van der Waals surface area contributed by atoms with Gasteiger partial charge in [0, 0.05) is 39.3 Å². The molecule has 0 radical (unpaired) electrons. The number of nitrogens with zero attached hydrogens (tertiary/aromatic N) is 2. The molecule has 17 heavy (non-hydrogen) atoms. The van der Waals surface area contributed by atoms with E-state index < -0.39 is 18.8 Å². The number of piperazine rings is 1. The zero-order valence-electron chi connectivity index (χ0n) is 9.46. The standard InChI is InChI=1S/C9H17F3N4O/c10-9(11,12)7-14-8(17)16-5-3-15(2-1-13)4-6-16/h1-7,13H2,(H,14,17). The van der Waals surface area contributed by atoms with Gasteiger partial charge in [-0.1, -0.05) is 0 Å². The van der Waals surface area contributed by atoms with E-state index in [0.29, 0.717) is 32.7 Å². The zero-order chi connectivity index (χ0) is 12.9. The summed E-state index contributed by atoms with van der Waals surface area (Å²) in [5.41, 5.74) is 5.39. The minimum Gasteiger partial charge on any atom is -0.329 e. The maximum absolute atomic E-state index is 11.9. The number of halogens is 3. The van der Waals surface area contributed by atoms with E-state index in [4.69, 9.17) is 5.73 Å². The van der Waals surface area contributed by atoms with Gasteiger partial charge >= 0.3 is 12.2 Å². The Hall–Kier alpha value is -1.02. The Labute approximate surface area is 97.7 Å². The quantitative estimate of drug-likeness (QED) is 0.735. The van der Waals surface area contributed by atoms with Crippen molar-refractivity contribution in [3.05, 3.63) is 0 Å². The number of carbonyl (C=O) groups excluding carboxylic acids is 1. The van der Waals surface area contributed by atoms with Crippen LogP contribution < -0.4 is 11.1 Å². The molecule has 0 aromatic carbocycles. The molecule has 1 rings (SSSR count). The van der Waals surface area contributed by atoms with Crippen molar-refractivity contribution in [1.29, 1.82) is 0 Å². The smallest absolute Gasteiger partial charge is 0.329 e. The lowest BCUT2D eigenvalue weighted by Gasteiger charge is -2.34. The number of amides is 2. The molecule has 5 nitrogen and oxygen atoms in total. The first-order valence-electron chi connectivity index (χ1n) is 5.44. The van der Waals surface area contributed by atoms with E-state index in [2.05, 4.69) is 4.90 Å². The first-order valence-corrected chi connectivity index (χ1v) is 5.44. The third-order valence-corrected chi connectivity index (χ3v) is 2.54. The van der Waals surface area contributed by atoms with Gasteiger partial charge in [0.15, 0.2) is 0 Å². The van der Waals surface area contributed by atoms with Crippen LogP contribution in [-0.2, 0) is 0 Å². The number of rotatable bonds is 3. The summed E-state index contributed by atoms with van der Waals surface area (Å²) in [7, 11) is 0. The highest BCUT2D eigenvalue weighted by Crippen LogP contribution is 2.12. The van der Waals surface area contributed by atoms with Crippen LogP contribution in [0.2, 0.25) is 0 Å². The lowest BCUT2D eigenvalue weighted by molar-refractivity contribution is -0.123. The lowest BCUT2D eigenvalue weighted by atomic mass is 10.3. The van der Waals surface area contributed by atoms with Gasteiger partial charge in [-0.2, -0.15) is 13.2 Å². The molecule has 0 bridgehead atoms. The summed E-state index contributed by atoms with van der Waals surface area (Å²) >= 11 is 0. The molecule has 0 aliphatic carbocycles. The summed E-state index contributed by atoms with van der Waals surface area (Å²) in [4.78, 5) is 14.8. The molecule has 1 heterocycles. The van der Waals surface area contributed by atoms with E-state index in [-0.39, 0.29) is 0 Å². The second kappa shape index (κ2) is 6.06. The van der Waals surface area contributed by atoms with Crippen molar-refractivity contribution in [2.45, 2.75) is 6.18 Å². The van der Waals surface area contributed by atoms with E-state index in [1.54, 1.807) is 0 Å². The number of carbonyl (C=O) groups is 1. The van der Waals surface area contributed by atoms with Crippen molar-refractivity contribution in [2.24, 2.45) is 5.73 Å². The number of hydrogen-bond acceptors (Lipinski definition) is 3. The Bertz CT molecular complexity index is 251. The van der Waals surface area contributed by atoms with Crippen LogP contribution in [0, 0.1) is 0 Å². The van der Waals surface area contributed by atoms with Crippen molar-refractivity contribution in [3.8, 4) is 0 Å². The van der Waals surface area contributed by atoms with Crippen LogP contribution in [0.1, 0.15) is 0 Å². The molecule has 0 spiro atoms. The fourth-order valence-corrected chi connectivity index (χ4v) is 1.64. The van der Waals surface area contributed by atoms with Crippen molar-refractivity contribution >= 4 is 6.03 Å². The monoisotopic (exact) mass is 254 g/mol. The molecular formula is C9H17F3N4O. The largest absolute Gasteiger partial charge is 0.405 e. The first kappa shape index (κ1) is 14.0. The number of hydrogen-bond donors (Lipinski definition) is 2.